The van der Waals surface area contributed by atoms with Gasteiger partial charge in [0.2, 0.25) is 0 Å². The molecule has 3 atom stereocenters. The van der Waals surface area contributed by atoms with Gasteiger partial charge in [-0.3, -0.25) is 0 Å². The quantitative estimate of drug-likeness (QED) is 0.813. The van der Waals surface area contributed by atoms with Gasteiger partial charge in [-0.15, -0.1) is 0 Å². The number of hydrogen-bond acceptors (Lipinski definition) is 5. The highest BCUT2D eigenvalue weighted by Crippen LogP contribution is 2.35. The van der Waals surface area contributed by atoms with E-state index in [1.165, 1.54) is 0 Å². The van der Waals surface area contributed by atoms with Crippen molar-refractivity contribution in [3.05, 3.63) is 12.0 Å². The fraction of sp³-hybridized carbons (Fsp3) is 0.800. The molecule has 1 saturated carbocycles. The molecule has 7 nitrogen and oxygen atoms in total. The van der Waals surface area contributed by atoms with Gasteiger partial charge in [0.15, 0.2) is 5.03 Å². The molecule has 1 aliphatic carbocycles. The fourth-order valence-electron chi connectivity index (χ4n) is 3.70. The Morgan fingerprint density at radius 1 is 1.39 bits per heavy atom. The Morgan fingerprint density at radius 3 is 2.83 bits per heavy atom. The van der Waals surface area contributed by atoms with Crippen molar-refractivity contribution in [2.24, 2.45) is 13.0 Å². The molecule has 2 aliphatic rings. The van der Waals surface area contributed by atoms with Gasteiger partial charge in [-0.2, -0.15) is 4.31 Å². The molecule has 0 radical (unpaired) electrons. The molecule has 1 saturated heterocycles. The maximum Gasteiger partial charge on any atom is 0.262 e. The zero-order valence-electron chi connectivity index (χ0n) is 13.9. The number of methoxy groups -OCH3 is 1. The van der Waals surface area contributed by atoms with Gasteiger partial charge in [-0.05, 0) is 19.8 Å². The summed E-state index contributed by atoms with van der Waals surface area (Å²) in [4.78, 5) is 4.22. The van der Waals surface area contributed by atoms with Crippen LogP contribution in [0.2, 0.25) is 0 Å². The topological polar surface area (TPSA) is 73.7 Å². The van der Waals surface area contributed by atoms with Crippen LogP contribution in [-0.2, 0) is 26.5 Å². The third-order valence-corrected chi connectivity index (χ3v) is 6.87. The second kappa shape index (κ2) is 6.51. The van der Waals surface area contributed by atoms with Gasteiger partial charge < -0.3 is 14.0 Å². The van der Waals surface area contributed by atoms with E-state index >= 15 is 0 Å². The van der Waals surface area contributed by atoms with Crippen LogP contribution in [0.5, 0.6) is 0 Å². The van der Waals surface area contributed by atoms with Gasteiger partial charge in [-0.1, -0.05) is 6.42 Å². The molecule has 1 aliphatic heterocycles. The van der Waals surface area contributed by atoms with E-state index < -0.39 is 10.0 Å². The normalized spacial score (nSPS) is 30.0. The Hall–Kier alpha value is -0.960. The fourth-order valence-corrected chi connectivity index (χ4v) is 5.37. The molecule has 1 aromatic heterocycles. The third-order valence-electron chi connectivity index (χ3n) is 5.07. The van der Waals surface area contributed by atoms with Crippen molar-refractivity contribution in [1.29, 1.82) is 0 Å². The first-order valence-electron chi connectivity index (χ1n) is 8.07. The molecule has 1 aromatic rings. The minimum Gasteiger partial charge on any atom is -0.381 e. The first-order valence-corrected chi connectivity index (χ1v) is 9.51. The van der Waals surface area contributed by atoms with Crippen LogP contribution in [0.3, 0.4) is 0 Å². The molecular formula is C15H25N3O4S. The molecule has 0 spiro atoms. The van der Waals surface area contributed by atoms with E-state index in [0.29, 0.717) is 25.6 Å². The Morgan fingerprint density at radius 2 is 2.17 bits per heavy atom. The molecule has 0 unspecified atom stereocenters. The van der Waals surface area contributed by atoms with Crippen LogP contribution in [0.25, 0.3) is 0 Å². The van der Waals surface area contributed by atoms with Gasteiger partial charge in [0, 0.05) is 32.8 Å². The van der Waals surface area contributed by atoms with E-state index in [1.54, 1.807) is 36.2 Å². The lowest BCUT2D eigenvalue weighted by Crippen LogP contribution is -2.53. The van der Waals surface area contributed by atoms with Gasteiger partial charge in [0.1, 0.15) is 5.82 Å². The average molecular weight is 343 g/mol. The number of morpholine rings is 1. The molecule has 2 fully saturated rings. The number of imidazole rings is 1. The Labute approximate surface area is 137 Å². The number of hydrogen-bond donors (Lipinski definition) is 0. The molecule has 8 heteroatoms. The zero-order valence-corrected chi connectivity index (χ0v) is 14.8. The van der Waals surface area contributed by atoms with Gasteiger partial charge in [0.25, 0.3) is 10.0 Å². The maximum absolute atomic E-state index is 13.1. The van der Waals surface area contributed by atoms with Crippen molar-refractivity contribution >= 4 is 10.0 Å². The number of aromatic nitrogens is 2. The summed E-state index contributed by atoms with van der Waals surface area (Å²) in [6.07, 6.45) is 4.70. The van der Waals surface area contributed by atoms with E-state index in [9.17, 15) is 8.42 Å². The molecule has 0 amide bonds. The summed E-state index contributed by atoms with van der Waals surface area (Å²) in [7, 11) is -0.112. The average Bonchev–Trinajstić information content (AvgIpc) is 3.14. The Kier molecular flexibility index (Phi) is 4.78. The lowest BCUT2D eigenvalue weighted by molar-refractivity contribution is -0.0260. The van der Waals surface area contributed by atoms with Crippen LogP contribution < -0.4 is 0 Å². The van der Waals surface area contributed by atoms with Crippen molar-refractivity contribution in [2.75, 3.05) is 26.9 Å². The van der Waals surface area contributed by atoms with Crippen LogP contribution in [-0.4, -0.2) is 61.3 Å². The minimum absolute atomic E-state index is 0.102. The van der Waals surface area contributed by atoms with Crippen molar-refractivity contribution in [3.63, 3.8) is 0 Å². The number of nitrogens with zero attached hydrogens (tertiary/aromatic N) is 3. The molecule has 0 aromatic carbocycles. The zero-order chi connectivity index (χ0) is 16.6. The molecule has 0 N–H and O–H groups in total. The smallest absolute Gasteiger partial charge is 0.262 e. The van der Waals surface area contributed by atoms with Gasteiger partial charge >= 0.3 is 0 Å². The van der Waals surface area contributed by atoms with Crippen LogP contribution in [0, 0.1) is 12.8 Å². The summed E-state index contributed by atoms with van der Waals surface area (Å²) in [6, 6.07) is -0.177. The summed E-state index contributed by atoms with van der Waals surface area (Å²) >= 11 is 0. The second-order valence-corrected chi connectivity index (χ2v) is 8.20. The highest BCUT2D eigenvalue weighted by atomic mass is 32.2. The predicted octanol–water partition coefficient (Wildman–Crippen LogP) is 0.933. The molecule has 23 heavy (non-hydrogen) atoms. The van der Waals surface area contributed by atoms with Crippen molar-refractivity contribution < 1.29 is 17.9 Å². The van der Waals surface area contributed by atoms with Crippen LogP contribution in [0.4, 0.5) is 0 Å². The SMILES string of the molecule is CO[C@@H]1CCC[C@@H]1[C@H]1COCCN1S(=O)(=O)c1cn(C)c(C)n1. The summed E-state index contributed by atoms with van der Waals surface area (Å²) < 4.78 is 40.6. The summed E-state index contributed by atoms with van der Waals surface area (Å²) in [5, 5.41) is 0.122. The predicted molar refractivity (Wildman–Crippen MR) is 84.6 cm³/mol. The highest BCUT2D eigenvalue weighted by molar-refractivity contribution is 7.89. The van der Waals surface area contributed by atoms with Crippen molar-refractivity contribution in [1.82, 2.24) is 13.9 Å². The number of rotatable bonds is 4. The Balaban J connectivity index is 1.91. The van der Waals surface area contributed by atoms with Crippen molar-refractivity contribution in [2.45, 2.75) is 43.4 Å². The maximum atomic E-state index is 13.1. The monoisotopic (exact) mass is 343 g/mol. The van der Waals surface area contributed by atoms with E-state index in [-0.39, 0.29) is 23.1 Å². The van der Waals surface area contributed by atoms with Crippen LogP contribution in [0.15, 0.2) is 11.2 Å². The summed E-state index contributed by atoms with van der Waals surface area (Å²) in [5.74, 6) is 0.865. The largest absolute Gasteiger partial charge is 0.381 e. The van der Waals surface area contributed by atoms with E-state index in [4.69, 9.17) is 9.47 Å². The Bertz CT molecular complexity index is 638. The lowest BCUT2D eigenvalue weighted by Gasteiger charge is -2.39. The third kappa shape index (κ3) is 3.05. The van der Waals surface area contributed by atoms with E-state index in [1.807, 2.05) is 0 Å². The highest BCUT2D eigenvalue weighted by Gasteiger charge is 2.44. The standard InChI is InChI=1S/C15H25N3O4S/c1-11-16-15(9-17(11)2)23(19,20)18-7-8-22-10-13(18)12-5-4-6-14(12)21-3/h9,12-14H,4-8,10H2,1-3H3/t12-,13-,14-/m1/s1. The van der Waals surface area contributed by atoms with Crippen molar-refractivity contribution in [3.8, 4) is 0 Å². The van der Waals surface area contributed by atoms with Crippen LogP contribution >= 0.6 is 0 Å². The molecule has 2 heterocycles. The molecule has 130 valence electrons. The number of sulfonamides is 1. The molecule has 3 rings (SSSR count). The first kappa shape index (κ1) is 16.9. The van der Waals surface area contributed by atoms with E-state index in [0.717, 1.165) is 19.3 Å². The minimum atomic E-state index is -3.62. The second-order valence-electron chi connectivity index (χ2n) is 6.36. The first-order chi connectivity index (χ1) is 10.9. The lowest BCUT2D eigenvalue weighted by atomic mass is 9.96. The number of ether oxygens (including phenoxy) is 2. The molecular weight excluding hydrogens is 318 g/mol. The van der Waals surface area contributed by atoms with Gasteiger partial charge in [0.05, 0.1) is 25.4 Å². The summed E-state index contributed by atoms with van der Waals surface area (Å²) in [5.41, 5.74) is 0. The summed E-state index contributed by atoms with van der Waals surface area (Å²) in [6.45, 7) is 3.02. The molecule has 0 bridgehead atoms. The van der Waals surface area contributed by atoms with Gasteiger partial charge in [-0.25, -0.2) is 13.4 Å². The van der Waals surface area contributed by atoms with E-state index in [2.05, 4.69) is 4.98 Å². The number of aryl methyl sites for hydroxylation is 2. The van der Waals surface area contributed by atoms with Crippen LogP contribution in [0.1, 0.15) is 25.1 Å².